The Labute approximate surface area is 95.1 Å². The second-order valence-corrected chi connectivity index (χ2v) is 3.36. The molecule has 90 valence electrons. The number of hydrogen-bond donors (Lipinski definition) is 3. The van der Waals surface area contributed by atoms with Crippen LogP contribution in [0, 0.1) is 0 Å². The zero-order valence-electron chi connectivity index (χ0n) is 9.82. The van der Waals surface area contributed by atoms with Gasteiger partial charge in [0.2, 0.25) is 5.75 Å². The van der Waals surface area contributed by atoms with Gasteiger partial charge < -0.3 is 20.5 Å². The Morgan fingerprint density at radius 3 is 2.69 bits per heavy atom. The Morgan fingerprint density at radius 1 is 1.44 bits per heavy atom. The van der Waals surface area contributed by atoms with Crippen LogP contribution < -0.4 is 15.4 Å². The van der Waals surface area contributed by atoms with Crippen molar-refractivity contribution in [3.05, 3.63) is 6.33 Å². The predicted octanol–water partition coefficient (Wildman–Crippen LogP) is 0.710. The van der Waals surface area contributed by atoms with Gasteiger partial charge in [-0.25, -0.2) is 9.97 Å². The number of nitrogens with zero attached hydrogens (tertiary/aromatic N) is 2. The van der Waals surface area contributed by atoms with E-state index in [0.717, 1.165) is 6.54 Å². The minimum Gasteiger partial charge on any atom is -0.490 e. The maximum Gasteiger partial charge on any atom is 0.204 e. The molecular weight excluding hydrogens is 208 g/mol. The minimum absolute atomic E-state index is 0.0314. The molecule has 0 bridgehead atoms. The zero-order chi connectivity index (χ0) is 12.0. The van der Waals surface area contributed by atoms with Crippen molar-refractivity contribution < 1.29 is 9.84 Å². The average molecular weight is 226 g/mol. The quantitative estimate of drug-likeness (QED) is 0.663. The standard InChI is InChI=1S/C10H18N4O2/c1-4-11-9-8(16-3)10(13-6-12-9)14-7(2)5-15/h6-7,15H,4-5H2,1-3H3,(H2,11,12,13,14). The SMILES string of the molecule is CCNc1ncnc(NC(C)CO)c1OC. The Morgan fingerprint density at radius 2 is 2.12 bits per heavy atom. The molecule has 0 aliphatic heterocycles. The van der Waals surface area contributed by atoms with Gasteiger partial charge in [0.05, 0.1) is 13.7 Å². The first-order chi connectivity index (χ1) is 7.72. The molecule has 1 unspecified atom stereocenters. The molecule has 0 saturated carbocycles. The van der Waals surface area contributed by atoms with E-state index in [2.05, 4.69) is 20.6 Å². The first-order valence-corrected chi connectivity index (χ1v) is 5.23. The fourth-order valence-electron chi connectivity index (χ4n) is 1.24. The molecular formula is C10H18N4O2. The summed E-state index contributed by atoms with van der Waals surface area (Å²) in [5, 5.41) is 15.1. The number of ether oxygens (including phenoxy) is 1. The maximum atomic E-state index is 8.97. The third-order valence-electron chi connectivity index (χ3n) is 2.01. The first kappa shape index (κ1) is 12.5. The maximum absolute atomic E-state index is 8.97. The lowest BCUT2D eigenvalue weighted by molar-refractivity contribution is 0.281. The number of aromatic nitrogens is 2. The largest absolute Gasteiger partial charge is 0.490 e. The van der Waals surface area contributed by atoms with Gasteiger partial charge in [-0.05, 0) is 13.8 Å². The van der Waals surface area contributed by atoms with Gasteiger partial charge in [0.1, 0.15) is 6.33 Å². The van der Waals surface area contributed by atoms with E-state index in [1.165, 1.54) is 6.33 Å². The fourth-order valence-corrected chi connectivity index (χ4v) is 1.24. The molecule has 0 fully saturated rings. The van der Waals surface area contributed by atoms with Gasteiger partial charge in [-0.3, -0.25) is 0 Å². The topological polar surface area (TPSA) is 79.3 Å². The Kier molecular flexibility index (Phi) is 4.78. The van der Waals surface area contributed by atoms with Crippen molar-refractivity contribution >= 4 is 11.6 Å². The molecule has 16 heavy (non-hydrogen) atoms. The van der Waals surface area contributed by atoms with E-state index in [1.54, 1.807) is 7.11 Å². The number of aliphatic hydroxyl groups is 1. The van der Waals surface area contributed by atoms with Crippen LogP contribution in [-0.2, 0) is 0 Å². The van der Waals surface area contributed by atoms with Crippen LogP contribution in [0.15, 0.2) is 6.33 Å². The number of aliphatic hydroxyl groups excluding tert-OH is 1. The molecule has 0 spiro atoms. The van der Waals surface area contributed by atoms with E-state index >= 15 is 0 Å². The van der Waals surface area contributed by atoms with Crippen LogP contribution in [0.25, 0.3) is 0 Å². The van der Waals surface area contributed by atoms with Gasteiger partial charge in [-0.1, -0.05) is 0 Å². The summed E-state index contributed by atoms with van der Waals surface area (Å²) in [7, 11) is 1.56. The lowest BCUT2D eigenvalue weighted by Gasteiger charge is -2.16. The fraction of sp³-hybridized carbons (Fsp3) is 0.600. The Hall–Kier alpha value is -1.56. The Bertz CT molecular complexity index is 333. The molecule has 1 rings (SSSR count). The molecule has 0 radical (unpaired) electrons. The number of rotatable bonds is 6. The number of anilines is 2. The summed E-state index contributed by atoms with van der Waals surface area (Å²) < 4.78 is 5.24. The smallest absolute Gasteiger partial charge is 0.204 e. The molecule has 6 nitrogen and oxygen atoms in total. The summed E-state index contributed by atoms with van der Waals surface area (Å²) >= 11 is 0. The number of nitrogens with one attached hydrogen (secondary N) is 2. The molecule has 1 aromatic heterocycles. The van der Waals surface area contributed by atoms with E-state index < -0.39 is 0 Å². The highest BCUT2D eigenvalue weighted by Crippen LogP contribution is 2.28. The van der Waals surface area contributed by atoms with E-state index in [4.69, 9.17) is 9.84 Å². The lowest BCUT2D eigenvalue weighted by atomic mass is 10.3. The van der Waals surface area contributed by atoms with Crippen LogP contribution in [0.5, 0.6) is 5.75 Å². The summed E-state index contributed by atoms with van der Waals surface area (Å²) in [6.07, 6.45) is 1.45. The summed E-state index contributed by atoms with van der Waals surface area (Å²) in [6, 6.07) is -0.0849. The van der Waals surface area contributed by atoms with E-state index in [1.807, 2.05) is 13.8 Å². The van der Waals surface area contributed by atoms with Crippen molar-refractivity contribution in [2.24, 2.45) is 0 Å². The van der Waals surface area contributed by atoms with Crippen LogP contribution in [0.2, 0.25) is 0 Å². The highest BCUT2D eigenvalue weighted by Gasteiger charge is 2.12. The lowest BCUT2D eigenvalue weighted by Crippen LogP contribution is -2.21. The van der Waals surface area contributed by atoms with Gasteiger partial charge in [-0.15, -0.1) is 0 Å². The molecule has 1 aromatic rings. The molecule has 0 aromatic carbocycles. The van der Waals surface area contributed by atoms with Gasteiger partial charge in [0, 0.05) is 12.6 Å². The van der Waals surface area contributed by atoms with Crippen LogP contribution >= 0.6 is 0 Å². The molecule has 6 heteroatoms. The van der Waals surface area contributed by atoms with Crippen molar-refractivity contribution in [2.45, 2.75) is 19.9 Å². The molecule has 0 aliphatic carbocycles. The summed E-state index contributed by atoms with van der Waals surface area (Å²) in [6.45, 7) is 4.62. The van der Waals surface area contributed by atoms with Crippen molar-refractivity contribution in [3.8, 4) is 5.75 Å². The molecule has 1 atom stereocenters. The van der Waals surface area contributed by atoms with Gasteiger partial charge in [0.25, 0.3) is 0 Å². The minimum atomic E-state index is -0.0849. The van der Waals surface area contributed by atoms with Crippen molar-refractivity contribution in [3.63, 3.8) is 0 Å². The number of methoxy groups -OCH3 is 1. The van der Waals surface area contributed by atoms with E-state index in [9.17, 15) is 0 Å². The zero-order valence-corrected chi connectivity index (χ0v) is 9.82. The summed E-state index contributed by atoms with van der Waals surface area (Å²) in [5.41, 5.74) is 0. The van der Waals surface area contributed by atoms with Crippen LogP contribution in [-0.4, -0.2) is 41.4 Å². The predicted molar refractivity (Wildman–Crippen MR) is 62.9 cm³/mol. The third-order valence-corrected chi connectivity index (χ3v) is 2.01. The number of hydrogen-bond acceptors (Lipinski definition) is 6. The van der Waals surface area contributed by atoms with Crippen molar-refractivity contribution in [2.75, 3.05) is 30.9 Å². The van der Waals surface area contributed by atoms with Crippen LogP contribution in [0.1, 0.15) is 13.8 Å². The third kappa shape index (κ3) is 2.96. The van der Waals surface area contributed by atoms with Crippen molar-refractivity contribution in [1.82, 2.24) is 9.97 Å². The van der Waals surface area contributed by atoms with E-state index in [0.29, 0.717) is 17.4 Å². The average Bonchev–Trinajstić information content (AvgIpc) is 2.29. The Balaban J connectivity index is 2.94. The molecule has 0 amide bonds. The molecule has 0 saturated heterocycles. The van der Waals surface area contributed by atoms with Gasteiger partial charge in [0.15, 0.2) is 11.6 Å². The molecule has 1 heterocycles. The second kappa shape index (κ2) is 6.12. The first-order valence-electron chi connectivity index (χ1n) is 5.23. The highest BCUT2D eigenvalue weighted by atomic mass is 16.5. The van der Waals surface area contributed by atoms with Gasteiger partial charge in [-0.2, -0.15) is 0 Å². The summed E-state index contributed by atoms with van der Waals surface area (Å²) in [5.74, 6) is 1.78. The van der Waals surface area contributed by atoms with Crippen LogP contribution in [0.3, 0.4) is 0 Å². The summed E-state index contributed by atoms with van der Waals surface area (Å²) in [4.78, 5) is 8.17. The second-order valence-electron chi connectivity index (χ2n) is 3.36. The highest BCUT2D eigenvalue weighted by molar-refractivity contribution is 5.63. The van der Waals surface area contributed by atoms with E-state index in [-0.39, 0.29) is 12.6 Å². The monoisotopic (exact) mass is 226 g/mol. The van der Waals surface area contributed by atoms with Gasteiger partial charge >= 0.3 is 0 Å². The molecule has 0 aliphatic rings. The molecule has 3 N–H and O–H groups in total. The van der Waals surface area contributed by atoms with Crippen molar-refractivity contribution in [1.29, 1.82) is 0 Å². The van der Waals surface area contributed by atoms with Crippen LogP contribution in [0.4, 0.5) is 11.6 Å². The normalized spacial score (nSPS) is 12.0.